The second-order valence-corrected chi connectivity index (χ2v) is 4.53. The number of hydrogen-bond acceptors (Lipinski definition) is 4. The third-order valence-electron chi connectivity index (χ3n) is 2.62. The molecule has 0 spiro atoms. The fourth-order valence-corrected chi connectivity index (χ4v) is 1.81. The summed E-state index contributed by atoms with van der Waals surface area (Å²) in [7, 11) is 0. The van der Waals surface area contributed by atoms with Gasteiger partial charge < -0.3 is 4.74 Å². The lowest BCUT2D eigenvalue weighted by atomic mass is 10.1. The molecule has 0 aliphatic heterocycles. The van der Waals surface area contributed by atoms with Gasteiger partial charge in [-0.25, -0.2) is 4.39 Å². The minimum atomic E-state index is -0.641. The first kappa shape index (κ1) is 14.9. The van der Waals surface area contributed by atoms with E-state index in [0.717, 1.165) is 6.07 Å². The molecule has 0 aliphatic rings. The average molecular weight is 310 g/mol. The number of halogens is 2. The number of rotatable bonds is 5. The Kier molecular flexibility index (Phi) is 4.49. The Labute approximate surface area is 124 Å². The van der Waals surface area contributed by atoms with Crippen LogP contribution in [0.1, 0.15) is 10.4 Å². The van der Waals surface area contributed by atoms with Crippen molar-refractivity contribution in [2.75, 3.05) is 6.61 Å². The van der Waals surface area contributed by atoms with E-state index in [9.17, 15) is 19.3 Å². The molecule has 0 heterocycles. The average Bonchev–Trinajstić information content (AvgIpc) is 2.44. The summed E-state index contributed by atoms with van der Waals surface area (Å²) in [5.41, 5.74) is -0.175. The molecule has 0 saturated carbocycles. The molecular weight excluding hydrogens is 301 g/mol. The zero-order chi connectivity index (χ0) is 15.4. The third-order valence-corrected chi connectivity index (χ3v) is 2.86. The molecule has 0 amide bonds. The van der Waals surface area contributed by atoms with Gasteiger partial charge in [-0.1, -0.05) is 23.7 Å². The van der Waals surface area contributed by atoms with E-state index >= 15 is 0 Å². The monoisotopic (exact) mass is 309 g/mol. The molecule has 2 aromatic carbocycles. The molecule has 0 N–H and O–H groups in total. The summed E-state index contributed by atoms with van der Waals surface area (Å²) < 4.78 is 18.2. The zero-order valence-electron chi connectivity index (χ0n) is 10.6. The molecule has 0 fully saturated rings. The molecule has 2 rings (SSSR count). The lowest BCUT2D eigenvalue weighted by Gasteiger charge is -2.06. The standard InChI is InChI=1S/C14H9ClFNO4/c15-10-4-5-12(17(19)20)14(7-10)21-8-13(18)9-2-1-3-11(16)6-9/h1-7H,8H2. The van der Waals surface area contributed by atoms with Crippen LogP contribution in [0.4, 0.5) is 10.1 Å². The van der Waals surface area contributed by atoms with Gasteiger partial charge in [0, 0.05) is 22.7 Å². The van der Waals surface area contributed by atoms with E-state index < -0.39 is 23.1 Å². The van der Waals surface area contributed by atoms with Crippen LogP contribution >= 0.6 is 11.6 Å². The van der Waals surface area contributed by atoms with Gasteiger partial charge >= 0.3 is 5.69 Å². The van der Waals surface area contributed by atoms with E-state index in [-0.39, 0.29) is 22.0 Å². The summed E-state index contributed by atoms with van der Waals surface area (Å²) >= 11 is 5.74. The molecular formula is C14H9ClFNO4. The summed E-state index contributed by atoms with van der Waals surface area (Å²) in [5, 5.41) is 11.1. The minimum Gasteiger partial charge on any atom is -0.478 e. The molecule has 0 saturated heterocycles. The van der Waals surface area contributed by atoms with Gasteiger partial charge in [0.25, 0.3) is 0 Å². The number of Topliss-reactive ketones (excluding diaryl/α,β-unsaturated/α-hetero) is 1. The Balaban J connectivity index is 2.14. The fourth-order valence-electron chi connectivity index (χ4n) is 1.64. The maximum atomic E-state index is 13.0. The molecule has 0 atom stereocenters. The van der Waals surface area contributed by atoms with Gasteiger partial charge in [-0.05, 0) is 18.2 Å². The number of nitro groups is 1. The van der Waals surface area contributed by atoms with Gasteiger partial charge in [0.2, 0.25) is 0 Å². The molecule has 21 heavy (non-hydrogen) atoms. The maximum Gasteiger partial charge on any atom is 0.311 e. The van der Waals surface area contributed by atoms with E-state index in [2.05, 4.69) is 0 Å². The highest BCUT2D eigenvalue weighted by molar-refractivity contribution is 6.30. The first-order valence-corrected chi connectivity index (χ1v) is 6.20. The van der Waals surface area contributed by atoms with E-state index in [1.54, 1.807) is 0 Å². The SMILES string of the molecule is O=C(COc1cc(Cl)ccc1[N+](=O)[O-])c1cccc(F)c1. The zero-order valence-corrected chi connectivity index (χ0v) is 11.3. The molecule has 7 heteroatoms. The molecule has 2 aromatic rings. The highest BCUT2D eigenvalue weighted by atomic mass is 35.5. The summed E-state index contributed by atoms with van der Waals surface area (Å²) in [6, 6.07) is 8.88. The Morgan fingerprint density at radius 1 is 1.29 bits per heavy atom. The lowest BCUT2D eigenvalue weighted by molar-refractivity contribution is -0.385. The van der Waals surface area contributed by atoms with Crippen LogP contribution in [0.15, 0.2) is 42.5 Å². The number of ketones is 1. The van der Waals surface area contributed by atoms with E-state index in [0.29, 0.717) is 0 Å². The Morgan fingerprint density at radius 3 is 2.71 bits per heavy atom. The van der Waals surface area contributed by atoms with Gasteiger partial charge in [-0.2, -0.15) is 0 Å². The van der Waals surface area contributed by atoms with Gasteiger partial charge in [0.05, 0.1) is 4.92 Å². The largest absolute Gasteiger partial charge is 0.478 e. The quantitative estimate of drug-likeness (QED) is 0.480. The van der Waals surface area contributed by atoms with Crippen LogP contribution in [0.3, 0.4) is 0 Å². The van der Waals surface area contributed by atoms with E-state index in [1.165, 1.54) is 36.4 Å². The van der Waals surface area contributed by atoms with Gasteiger partial charge in [-0.3, -0.25) is 14.9 Å². The molecule has 0 radical (unpaired) electrons. The van der Waals surface area contributed by atoms with Crippen molar-refractivity contribution in [3.8, 4) is 5.75 Å². The Morgan fingerprint density at radius 2 is 2.05 bits per heavy atom. The van der Waals surface area contributed by atoms with Crippen LogP contribution in [0, 0.1) is 15.9 Å². The van der Waals surface area contributed by atoms with Crippen LogP contribution in [0.25, 0.3) is 0 Å². The topological polar surface area (TPSA) is 69.4 Å². The van der Waals surface area contributed by atoms with Crippen molar-refractivity contribution in [3.63, 3.8) is 0 Å². The summed E-state index contributed by atoms with van der Waals surface area (Å²) in [4.78, 5) is 22.0. The maximum absolute atomic E-state index is 13.0. The minimum absolute atomic E-state index is 0.114. The summed E-state index contributed by atoms with van der Waals surface area (Å²) in [6.45, 7) is -0.454. The third kappa shape index (κ3) is 3.76. The molecule has 108 valence electrons. The normalized spacial score (nSPS) is 10.2. The predicted molar refractivity (Wildman–Crippen MR) is 74.3 cm³/mol. The van der Waals surface area contributed by atoms with Crippen LogP contribution in [-0.2, 0) is 0 Å². The molecule has 5 nitrogen and oxygen atoms in total. The van der Waals surface area contributed by atoms with Crippen molar-refractivity contribution < 1.29 is 18.8 Å². The molecule has 0 aliphatic carbocycles. The first-order valence-electron chi connectivity index (χ1n) is 5.83. The number of benzene rings is 2. The highest BCUT2D eigenvalue weighted by Gasteiger charge is 2.17. The van der Waals surface area contributed by atoms with Crippen molar-refractivity contribution >= 4 is 23.1 Å². The number of ether oxygens (including phenoxy) is 1. The number of nitro benzene ring substituents is 1. The second kappa shape index (κ2) is 6.32. The first-order chi connectivity index (χ1) is 9.97. The van der Waals surface area contributed by atoms with Gasteiger partial charge in [-0.15, -0.1) is 0 Å². The highest BCUT2D eigenvalue weighted by Crippen LogP contribution is 2.29. The van der Waals surface area contributed by atoms with Gasteiger partial charge in [0.1, 0.15) is 5.82 Å². The van der Waals surface area contributed by atoms with Crippen LogP contribution in [0.2, 0.25) is 5.02 Å². The van der Waals surface area contributed by atoms with Crippen molar-refractivity contribution in [1.82, 2.24) is 0 Å². The number of nitrogens with zero attached hydrogens (tertiary/aromatic N) is 1. The Hall–Kier alpha value is -2.47. The number of carbonyl (C=O) groups excluding carboxylic acids is 1. The van der Waals surface area contributed by atoms with Gasteiger partial charge in [0.15, 0.2) is 18.1 Å². The van der Waals surface area contributed by atoms with Crippen molar-refractivity contribution in [2.45, 2.75) is 0 Å². The van der Waals surface area contributed by atoms with E-state index in [1.807, 2.05) is 0 Å². The predicted octanol–water partition coefficient (Wildman–Crippen LogP) is 3.65. The van der Waals surface area contributed by atoms with Crippen LogP contribution in [0.5, 0.6) is 5.75 Å². The fraction of sp³-hybridized carbons (Fsp3) is 0.0714. The van der Waals surface area contributed by atoms with Crippen molar-refractivity contribution in [1.29, 1.82) is 0 Å². The smallest absolute Gasteiger partial charge is 0.311 e. The van der Waals surface area contributed by atoms with Crippen molar-refractivity contribution in [2.24, 2.45) is 0 Å². The van der Waals surface area contributed by atoms with E-state index in [4.69, 9.17) is 16.3 Å². The van der Waals surface area contributed by atoms with Crippen LogP contribution < -0.4 is 4.74 Å². The van der Waals surface area contributed by atoms with Crippen LogP contribution in [-0.4, -0.2) is 17.3 Å². The molecule has 0 bridgehead atoms. The summed E-state index contributed by atoms with van der Waals surface area (Å²) in [6.07, 6.45) is 0. The number of hydrogen-bond donors (Lipinski definition) is 0. The molecule has 0 unspecified atom stereocenters. The number of carbonyl (C=O) groups is 1. The lowest BCUT2D eigenvalue weighted by Crippen LogP contribution is -2.12. The summed E-state index contributed by atoms with van der Waals surface area (Å²) in [5.74, 6) is -1.16. The Bertz CT molecular complexity index is 705. The second-order valence-electron chi connectivity index (χ2n) is 4.09. The molecule has 0 aromatic heterocycles. The van der Waals surface area contributed by atoms with Crippen molar-refractivity contribution in [3.05, 3.63) is 69.0 Å².